The number of halogens is 1. The van der Waals surface area contributed by atoms with Crippen LogP contribution in [0.25, 0.3) is 0 Å². The predicted octanol–water partition coefficient (Wildman–Crippen LogP) is 2.42. The number of hydrogen-bond acceptors (Lipinski definition) is 3. The summed E-state index contributed by atoms with van der Waals surface area (Å²) >= 11 is 0. The molecule has 1 aromatic carbocycles. The molecule has 1 fully saturated rings. The Morgan fingerprint density at radius 3 is 2.79 bits per heavy atom. The third kappa shape index (κ3) is 3.44. The fourth-order valence-electron chi connectivity index (χ4n) is 2.49. The zero-order valence-corrected chi connectivity index (χ0v) is 11.0. The summed E-state index contributed by atoms with van der Waals surface area (Å²) in [5, 5.41) is 12.1. The van der Waals surface area contributed by atoms with Gasteiger partial charge in [-0.15, -0.1) is 0 Å². The largest absolute Gasteiger partial charge is 0.478 e. The number of benzene rings is 1. The van der Waals surface area contributed by atoms with Gasteiger partial charge >= 0.3 is 5.97 Å². The molecule has 2 N–H and O–H groups in total. The molecule has 1 saturated heterocycles. The first-order valence-electron chi connectivity index (χ1n) is 6.58. The number of nitrogens with one attached hydrogen (secondary N) is 1. The number of carboxylic acids is 1. The molecule has 1 aromatic rings. The molecule has 0 radical (unpaired) electrons. The van der Waals surface area contributed by atoms with Crippen molar-refractivity contribution in [2.75, 3.05) is 25.0 Å². The predicted molar refractivity (Wildman–Crippen MR) is 72.1 cm³/mol. The van der Waals surface area contributed by atoms with E-state index in [0.29, 0.717) is 0 Å². The van der Waals surface area contributed by atoms with Crippen LogP contribution >= 0.6 is 0 Å². The van der Waals surface area contributed by atoms with E-state index in [1.807, 2.05) is 6.92 Å². The van der Waals surface area contributed by atoms with E-state index in [0.717, 1.165) is 19.6 Å². The quantitative estimate of drug-likeness (QED) is 0.859. The summed E-state index contributed by atoms with van der Waals surface area (Å²) in [7, 11) is 0. The highest BCUT2D eigenvalue weighted by molar-refractivity contribution is 5.94. The second-order valence-electron chi connectivity index (χ2n) is 5.02. The first-order valence-corrected chi connectivity index (χ1v) is 6.58. The zero-order valence-electron chi connectivity index (χ0n) is 11.0. The van der Waals surface area contributed by atoms with E-state index in [2.05, 4.69) is 10.2 Å². The molecule has 19 heavy (non-hydrogen) atoms. The van der Waals surface area contributed by atoms with Gasteiger partial charge in [0.2, 0.25) is 0 Å². The number of anilines is 1. The van der Waals surface area contributed by atoms with Gasteiger partial charge in [-0.25, -0.2) is 9.18 Å². The molecule has 0 amide bonds. The molecule has 0 aliphatic carbocycles. The van der Waals surface area contributed by atoms with Crippen LogP contribution in [-0.4, -0.2) is 41.7 Å². The topological polar surface area (TPSA) is 52.6 Å². The van der Waals surface area contributed by atoms with Gasteiger partial charge in [-0.1, -0.05) is 6.07 Å². The van der Waals surface area contributed by atoms with Crippen molar-refractivity contribution in [2.24, 2.45) is 0 Å². The smallest absolute Gasteiger partial charge is 0.337 e. The first kappa shape index (κ1) is 13.8. The standard InChI is InChI=1S/C14H19FN2O2/c1-10(9-17-7-2-3-8-17)16-13-11(14(18)19)5-4-6-12(13)15/h4-6,10,16H,2-3,7-9H2,1H3,(H,18,19). The summed E-state index contributed by atoms with van der Waals surface area (Å²) in [6, 6.07) is 4.11. The number of hydrogen-bond donors (Lipinski definition) is 2. The molecule has 2 rings (SSSR count). The Bertz CT molecular complexity index is 459. The van der Waals surface area contributed by atoms with Crippen molar-refractivity contribution in [3.63, 3.8) is 0 Å². The number of rotatable bonds is 5. The molecule has 0 spiro atoms. The molecule has 1 atom stereocenters. The van der Waals surface area contributed by atoms with E-state index in [1.165, 1.54) is 31.0 Å². The molecule has 0 saturated carbocycles. The summed E-state index contributed by atoms with van der Waals surface area (Å²) in [5.74, 6) is -1.64. The van der Waals surface area contributed by atoms with Gasteiger partial charge in [0.25, 0.3) is 0 Å². The van der Waals surface area contributed by atoms with Crippen LogP contribution in [0.2, 0.25) is 0 Å². The van der Waals surface area contributed by atoms with Gasteiger partial charge in [-0.3, -0.25) is 0 Å². The SMILES string of the molecule is CC(CN1CCCC1)Nc1c(F)cccc1C(=O)O. The lowest BCUT2D eigenvalue weighted by Crippen LogP contribution is -2.33. The average molecular weight is 266 g/mol. The van der Waals surface area contributed by atoms with Gasteiger partial charge in [0.15, 0.2) is 0 Å². The second-order valence-corrected chi connectivity index (χ2v) is 5.02. The lowest BCUT2D eigenvalue weighted by Gasteiger charge is -2.23. The van der Waals surface area contributed by atoms with Gasteiger partial charge in [0, 0.05) is 12.6 Å². The normalized spacial score (nSPS) is 17.4. The van der Waals surface area contributed by atoms with Gasteiger partial charge in [0.1, 0.15) is 5.82 Å². The number of nitrogens with zero attached hydrogens (tertiary/aromatic N) is 1. The first-order chi connectivity index (χ1) is 9.08. The Morgan fingerprint density at radius 2 is 2.16 bits per heavy atom. The molecular formula is C14H19FN2O2. The fraction of sp³-hybridized carbons (Fsp3) is 0.500. The van der Waals surface area contributed by atoms with Crippen molar-refractivity contribution >= 4 is 11.7 Å². The number of carboxylic acid groups (broad SMARTS) is 1. The highest BCUT2D eigenvalue weighted by atomic mass is 19.1. The summed E-state index contributed by atoms with van der Waals surface area (Å²) in [6.07, 6.45) is 2.40. The molecule has 5 heteroatoms. The second kappa shape index (κ2) is 6.02. The van der Waals surface area contributed by atoms with E-state index in [-0.39, 0.29) is 17.3 Å². The Morgan fingerprint density at radius 1 is 1.47 bits per heavy atom. The molecule has 4 nitrogen and oxygen atoms in total. The molecular weight excluding hydrogens is 247 g/mol. The molecule has 104 valence electrons. The van der Waals surface area contributed by atoms with Gasteiger partial charge < -0.3 is 15.3 Å². The Kier molecular flexibility index (Phi) is 4.37. The highest BCUT2D eigenvalue weighted by Crippen LogP contribution is 2.21. The van der Waals surface area contributed by atoms with E-state index in [1.54, 1.807) is 0 Å². The zero-order chi connectivity index (χ0) is 13.8. The lowest BCUT2D eigenvalue weighted by atomic mass is 10.1. The van der Waals surface area contributed by atoms with Crippen molar-refractivity contribution in [1.29, 1.82) is 0 Å². The number of para-hydroxylation sites is 1. The van der Waals surface area contributed by atoms with E-state index >= 15 is 0 Å². The summed E-state index contributed by atoms with van der Waals surface area (Å²) in [6.45, 7) is 4.87. The van der Waals surface area contributed by atoms with Crippen molar-refractivity contribution in [3.8, 4) is 0 Å². The molecule has 0 aromatic heterocycles. The van der Waals surface area contributed by atoms with Crippen molar-refractivity contribution in [3.05, 3.63) is 29.6 Å². The van der Waals surface area contributed by atoms with Crippen LogP contribution < -0.4 is 5.32 Å². The minimum atomic E-state index is -1.12. The molecule has 1 heterocycles. The van der Waals surface area contributed by atoms with E-state index in [9.17, 15) is 9.18 Å². The lowest BCUT2D eigenvalue weighted by molar-refractivity contribution is 0.0697. The summed E-state index contributed by atoms with van der Waals surface area (Å²) in [5.41, 5.74) is 0.0648. The van der Waals surface area contributed by atoms with Gasteiger partial charge in [-0.05, 0) is 45.0 Å². The van der Waals surface area contributed by atoms with Crippen molar-refractivity contribution in [2.45, 2.75) is 25.8 Å². The minimum Gasteiger partial charge on any atom is -0.478 e. The number of aromatic carboxylic acids is 1. The maximum absolute atomic E-state index is 13.7. The van der Waals surface area contributed by atoms with E-state index in [4.69, 9.17) is 5.11 Å². The molecule has 1 aliphatic rings. The van der Waals surface area contributed by atoms with Crippen LogP contribution in [0.4, 0.5) is 10.1 Å². The van der Waals surface area contributed by atoms with Gasteiger partial charge in [-0.2, -0.15) is 0 Å². The molecule has 0 bridgehead atoms. The Hall–Kier alpha value is -1.62. The Balaban J connectivity index is 2.06. The Labute approximate surface area is 112 Å². The average Bonchev–Trinajstić information content (AvgIpc) is 2.84. The van der Waals surface area contributed by atoms with Gasteiger partial charge in [0.05, 0.1) is 11.3 Å². The van der Waals surface area contributed by atoms with Crippen LogP contribution in [0.3, 0.4) is 0 Å². The number of likely N-dealkylation sites (tertiary alicyclic amines) is 1. The minimum absolute atomic E-state index is 0.00750. The maximum Gasteiger partial charge on any atom is 0.337 e. The van der Waals surface area contributed by atoms with Crippen LogP contribution in [0, 0.1) is 5.82 Å². The molecule has 1 aliphatic heterocycles. The number of carbonyl (C=O) groups is 1. The maximum atomic E-state index is 13.7. The summed E-state index contributed by atoms with van der Waals surface area (Å²) in [4.78, 5) is 13.4. The van der Waals surface area contributed by atoms with Crippen molar-refractivity contribution < 1.29 is 14.3 Å². The van der Waals surface area contributed by atoms with Crippen LogP contribution in [-0.2, 0) is 0 Å². The third-order valence-electron chi connectivity index (χ3n) is 3.37. The van der Waals surface area contributed by atoms with E-state index < -0.39 is 11.8 Å². The van der Waals surface area contributed by atoms with Crippen LogP contribution in [0.15, 0.2) is 18.2 Å². The summed E-state index contributed by atoms with van der Waals surface area (Å²) < 4.78 is 13.7. The monoisotopic (exact) mass is 266 g/mol. The van der Waals surface area contributed by atoms with Crippen LogP contribution in [0.5, 0.6) is 0 Å². The third-order valence-corrected chi connectivity index (χ3v) is 3.37. The highest BCUT2D eigenvalue weighted by Gasteiger charge is 2.18. The molecule has 1 unspecified atom stereocenters. The fourth-order valence-corrected chi connectivity index (χ4v) is 2.49. The van der Waals surface area contributed by atoms with Crippen molar-refractivity contribution in [1.82, 2.24) is 4.90 Å². The van der Waals surface area contributed by atoms with Crippen LogP contribution in [0.1, 0.15) is 30.1 Å².